The van der Waals surface area contributed by atoms with Crippen molar-refractivity contribution in [1.29, 1.82) is 0 Å². The van der Waals surface area contributed by atoms with Gasteiger partial charge < -0.3 is 25.0 Å². The normalized spacial score (nSPS) is 14.4. The van der Waals surface area contributed by atoms with Crippen molar-refractivity contribution in [3.8, 4) is 5.75 Å². The minimum Gasteiger partial charge on any atom is -0.486 e. The lowest BCUT2D eigenvalue weighted by Gasteiger charge is -2.27. The number of carbonyl (C=O) groups is 1. The Morgan fingerprint density at radius 3 is 2.53 bits per heavy atom. The van der Waals surface area contributed by atoms with Crippen LogP contribution in [0.4, 0.5) is 35.0 Å². The van der Waals surface area contributed by atoms with E-state index in [1.165, 1.54) is 24.1 Å². The van der Waals surface area contributed by atoms with Crippen LogP contribution in [0, 0.1) is 5.82 Å². The van der Waals surface area contributed by atoms with E-state index in [9.17, 15) is 18.0 Å². The van der Waals surface area contributed by atoms with E-state index in [1.807, 2.05) is 0 Å². The van der Waals surface area contributed by atoms with Crippen LogP contribution in [0.3, 0.4) is 0 Å². The molecule has 0 aliphatic carbocycles. The van der Waals surface area contributed by atoms with Crippen molar-refractivity contribution in [2.24, 2.45) is 0 Å². The Balaban J connectivity index is 1.96. The van der Waals surface area contributed by atoms with Crippen LogP contribution < -0.4 is 15.4 Å². The molecule has 8 nitrogen and oxygen atoms in total. The zero-order chi connectivity index (χ0) is 23.5. The average molecular weight is 457 g/mol. The Kier molecular flexibility index (Phi) is 7.02. The zero-order valence-corrected chi connectivity index (χ0v) is 17.7. The minimum atomic E-state index is -4.64. The van der Waals surface area contributed by atoms with Crippen LogP contribution in [0.15, 0.2) is 18.3 Å². The van der Waals surface area contributed by atoms with Gasteiger partial charge >= 0.3 is 6.18 Å². The summed E-state index contributed by atoms with van der Waals surface area (Å²) >= 11 is 0. The highest BCUT2D eigenvalue weighted by Crippen LogP contribution is 2.36. The zero-order valence-electron chi connectivity index (χ0n) is 17.7. The highest BCUT2D eigenvalue weighted by atomic mass is 19.4. The van der Waals surface area contributed by atoms with Gasteiger partial charge in [0.2, 0.25) is 5.95 Å². The second kappa shape index (κ2) is 9.55. The molecule has 1 aromatic carbocycles. The molecule has 0 unspecified atom stereocenters. The molecule has 174 valence electrons. The highest BCUT2D eigenvalue weighted by molar-refractivity contribution is 5.96. The molecule has 1 saturated heterocycles. The number of morpholine rings is 1. The van der Waals surface area contributed by atoms with Crippen LogP contribution in [-0.2, 0) is 10.9 Å². The summed E-state index contributed by atoms with van der Waals surface area (Å²) < 4.78 is 65.3. The number of alkyl halides is 3. The van der Waals surface area contributed by atoms with Gasteiger partial charge in [-0.25, -0.2) is 9.37 Å². The van der Waals surface area contributed by atoms with E-state index in [2.05, 4.69) is 20.6 Å². The molecule has 2 heterocycles. The fourth-order valence-electron chi connectivity index (χ4n) is 3.07. The van der Waals surface area contributed by atoms with Crippen molar-refractivity contribution < 1.29 is 31.8 Å². The summed E-state index contributed by atoms with van der Waals surface area (Å²) in [5, 5.41) is 5.05. The molecule has 1 amide bonds. The summed E-state index contributed by atoms with van der Waals surface area (Å²) in [7, 11) is 1.29. The number of nitrogens with one attached hydrogen (secondary N) is 2. The molecule has 0 spiro atoms. The Hall–Kier alpha value is -3.15. The van der Waals surface area contributed by atoms with Crippen molar-refractivity contribution in [2.45, 2.75) is 26.1 Å². The molecule has 0 saturated carbocycles. The number of amides is 1. The average Bonchev–Trinajstić information content (AvgIpc) is 2.75. The van der Waals surface area contributed by atoms with Crippen LogP contribution in [0.1, 0.15) is 29.8 Å². The van der Waals surface area contributed by atoms with Gasteiger partial charge in [0.1, 0.15) is 11.4 Å². The molecule has 1 fully saturated rings. The number of ether oxygens (including phenoxy) is 2. The summed E-state index contributed by atoms with van der Waals surface area (Å²) in [5.41, 5.74) is -1.16. The fraction of sp³-hybridized carbons (Fsp3) is 0.450. The number of halogens is 4. The molecule has 2 N–H and O–H groups in total. The minimum absolute atomic E-state index is 0.0662. The highest BCUT2D eigenvalue weighted by Gasteiger charge is 2.35. The summed E-state index contributed by atoms with van der Waals surface area (Å²) in [4.78, 5) is 21.7. The summed E-state index contributed by atoms with van der Waals surface area (Å²) in [6, 6.07) is 2.68. The van der Waals surface area contributed by atoms with Crippen molar-refractivity contribution in [2.75, 3.05) is 44.0 Å². The topological polar surface area (TPSA) is 88.6 Å². The van der Waals surface area contributed by atoms with E-state index in [4.69, 9.17) is 9.47 Å². The first-order valence-electron chi connectivity index (χ1n) is 9.87. The molecule has 32 heavy (non-hydrogen) atoms. The lowest BCUT2D eigenvalue weighted by atomic mass is 10.1. The third kappa shape index (κ3) is 5.18. The van der Waals surface area contributed by atoms with E-state index in [0.29, 0.717) is 32.5 Å². The van der Waals surface area contributed by atoms with Gasteiger partial charge in [-0.3, -0.25) is 4.79 Å². The Labute approximate surface area is 181 Å². The molecule has 1 aliphatic rings. The number of benzene rings is 1. The Bertz CT molecular complexity index is 978. The number of hydrogen-bond donors (Lipinski definition) is 2. The fourth-order valence-corrected chi connectivity index (χ4v) is 3.07. The van der Waals surface area contributed by atoms with E-state index < -0.39 is 35.4 Å². The molecule has 0 atom stereocenters. The molecule has 0 radical (unpaired) electrons. The summed E-state index contributed by atoms with van der Waals surface area (Å²) in [5.74, 6) is -2.30. The van der Waals surface area contributed by atoms with Gasteiger partial charge in [-0.05, 0) is 26.0 Å². The Morgan fingerprint density at radius 2 is 1.94 bits per heavy atom. The second-order valence-corrected chi connectivity index (χ2v) is 7.20. The number of aromatic nitrogens is 2. The van der Waals surface area contributed by atoms with Crippen molar-refractivity contribution in [3.63, 3.8) is 0 Å². The Morgan fingerprint density at radius 1 is 1.25 bits per heavy atom. The summed E-state index contributed by atoms with van der Waals surface area (Å²) in [6.45, 7) is 4.75. The monoisotopic (exact) mass is 457 g/mol. The molecule has 1 aliphatic heterocycles. The molecule has 1 aromatic heterocycles. The number of carbonyl (C=O) groups excluding carboxylic acids is 1. The molecule has 3 rings (SSSR count). The molecular formula is C20H23F4N5O3. The first-order chi connectivity index (χ1) is 15.1. The van der Waals surface area contributed by atoms with Gasteiger partial charge in [-0.15, -0.1) is 0 Å². The van der Waals surface area contributed by atoms with Gasteiger partial charge in [0, 0.05) is 26.3 Å². The maximum Gasteiger partial charge on any atom is 0.421 e. The number of nitrogens with zero attached hydrogens (tertiary/aromatic N) is 3. The van der Waals surface area contributed by atoms with Crippen molar-refractivity contribution in [1.82, 2.24) is 14.9 Å². The maximum absolute atomic E-state index is 15.3. The standard InChI is InChI=1S/C20H23F4N5O3/c1-11(2)32-16-14(27-19-26-10-13(20(22,23)24)17(25-3)28-19)5-4-12(15(16)21)18(30)29-6-8-31-9-7-29/h4-5,10-11H,6-9H2,1-3H3,(H2,25,26,27,28). The van der Waals surface area contributed by atoms with E-state index in [-0.39, 0.29) is 22.9 Å². The second-order valence-electron chi connectivity index (χ2n) is 7.20. The van der Waals surface area contributed by atoms with Crippen LogP contribution in [0.25, 0.3) is 0 Å². The van der Waals surface area contributed by atoms with Crippen LogP contribution >= 0.6 is 0 Å². The lowest BCUT2D eigenvalue weighted by Crippen LogP contribution is -2.41. The van der Waals surface area contributed by atoms with E-state index in [0.717, 1.165) is 0 Å². The van der Waals surface area contributed by atoms with Crippen LogP contribution in [0.5, 0.6) is 5.75 Å². The van der Waals surface area contributed by atoms with E-state index in [1.54, 1.807) is 13.8 Å². The smallest absolute Gasteiger partial charge is 0.421 e. The number of rotatable bonds is 6. The molecule has 2 aromatic rings. The third-order valence-electron chi connectivity index (χ3n) is 4.56. The van der Waals surface area contributed by atoms with Gasteiger partial charge in [0.15, 0.2) is 11.6 Å². The maximum atomic E-state index is 15.3. The molecular weight excluding hydrogens is 434 g/mol. The quantitative estimate of drug-likeness (QED) is 0.640. The number of hydrogen-bond acceptors (Lipinski definition) is 7. The summed E-state index contributed by atoms with van der Waals surface area (Å²) in [6.07, 6.45) is -4.46. The van der Waals surface area contributed by atoms with Gasteiger partial charge in [0.25, 0.3) is 5.91 Å². The predicted molar refractivity (Wildman–Crippen MR) is 109 cm³/mol. The number of anilines is 3. The largest absolute Gasteiger partial charge is 0.486 e. The molecule has 12 heteroatoms. The van der Waals surface area contributed by atoms with Gasteiger partial charge in [-0.1, -0.05) is 0 Å². The SMILES string of the molecule is CNc1nc(Nc2ccc(C(=O)N3CCOCC3)c(F)c2OC(C)C)ncc1C(F)(F)F. The molecule has 0 bridgehead atoms. The van der Waals surface area contributed by atoms with Crippen molar-refractivity contribution >= 4 is 23.4 Å². The van der Waals surface area contributed by atoms with Gasteiger partial charge in [-0.2, -0.15) is 18.2 Å². The first kappa shape index (κ1) is 23.5. The third-order valence-corrected chi connectivity index (χ3v) is 4.56. The van der Waals surface area contributed by atoms with Crippen LogP contribution in [0.2, 0.25) is 0 Å². The lowest BCUT2D eigenvalue weighted by molar-refractivity contribution is -0.137. The first-order valence-corrected chi connectivity index (χ1v) is 9.87. The van der Waals surface area contributed by atoms with Crippen LogP contribution in [-0.4, -0.2) is 60.2 Å². The van der Waals surface area contributed by atoms with Crippen molar-refractivity contribution in [3.05, 3.63) is 35.3 Å². The van der Waals surface area contributed by atoms with E-state index >= 15 is 4.39 Å². The predicted octanol–water partition coefficient (Wildman–Crippen LogP) is 3.68. The van der Waals surface area contributed by atoms with Gasteiger partial charge in [0.05, 0.1) is 30.6 Å².